The van der Waals surface area contributed by atoms with Crippen LogP contribution in [0.4, 0.5) is 5.82 Å². The number of halogens is 1. The maximum atomic E-state index is 6.13. The van der Waals surface area contributed by atoms with Crippen molar-refractivity contribution in [3.8, 4) is 0 Å². The van der Waals surface area contributed by atoms with E-state index in [9.17, 15) is 0 Å². The SMILES string of the molecule is CC1CCN(c2nnc(Cl)c3ccccc23)CC1C. The summed E-state index contributed by atoms with van der Waals surface area (Å²) >= 11 is 6.13. The van der Waals surface area contributed by atoms with E-state index in [4.69, 9.17) is 11.6 Å². The van der Waals surface area contributed by atoms with Crippen LogP contribution in [0.25, 0.3) is 10.8 Å². The first-order valence-corrected chi connectivity index (χ1v) is 7.20. The lowest BCUT2D eigenvalue weighted by atomic mass is 9.88. The number of rotatable bonds is 1. The molecule has 0 saturated carbocycles. The molecule has 3 rings (SSSR count). The highest BCUT2D eigenvalue weighted by atomic mass is 35.5. The number of nitrogens with zero attached hydrogens (tertiary/aromatic N) is 3. The van der Waals surface area contributed by atoms with Crippen LogP contribution in [-0.2, 0) is 0 Å². The van der Waals surface area contributed by atoms with Gasteiger partial charge in [-0.25, -0.2) is 0 Å². The van der Waals surface area contributed by atoms with Crippen molar-refractivity contribution >= 4 is 28.2 Å². The number of fused-ring (bicyclic) bond motifs is 1. The van der Waals surface area contributed by atoms with Crippen LogP contribution in [-0.4, -0.2) is 23.3 Å². The molecule has 2 atom stereocenters. The smallest absolute Gasteiger partial charge is 0.159 e. The van der Waals surface area contributed by atoms with Crippen molar-refractivity contribution in [3.63, 3.8) is 0 Å². The second-order valence-electron chi connectivity index (χ2n) is 5.55. The van der Waals surface area contributed by atoms with Crippen LogP contribution in [0.3, 0.4) is 0 Å². The van der Waals surface area contributed by atoms with Crippen LogP contribution in [0.5, 0.6) is 0 Å². The fourth-order valence-electron chi connectivity index (χ4n) is 2.75. The summed E-state index contributed by atoms with van der Waals surface area (Å²) in [7, 11) is 0. The van der Waals surface area contributed by atoms with Crippen molar-refractivity contribution < 1.29 is 0 Å². The molecule has 0 radical (unpaired) electrons. The van der Waals surface area contributed by atoms with Gasteiger partial charge in [-0.15, -0.1) is 10.2 Å². The van der Waals surface area contributed by atoms with Crippen LogP contribution in [0.15, 0.2) is 24.3 Å². The quantitative estimate of drug-likeness (QED) is 0.793. The Morgan fingerprint density at radius 3 is 2.58 bits per heavy atom. The molecule has 1 aliphatic rings. The molecule has 2 aromatic rings. The summed E-state index contributed by atoms with van der Waals surface area (Å²) in [5.74, 6) is 2.44. The Labute approximate surface area is 118 Å². The van der Waals surface area contributed by atoms with Crippen molar-refractivity contribution in [2.45, 2.75) is 20.3 Å². The van der Waals surface area contributed by atoms with Crippen LogP contribution in [0, 0.1) is 11.8 Å². The van der Waals surface area contributed by atoms with E-state index in [1.165, 1.54) is 6.42 Å². The molecule has 1 aliphatic heterocycles. The van der Waals surface area contributed by atoms with Crippen LogP contribution >= 0.6 is 11.6 Å². The van der Waals surface area contributed by atoms with Crippen molar-refractivity contribution in [3.05, 3.63) is 29.4 Å². The Bertz CT molecular complexity index is 599. The molecule has 1 fully saturated rings. The summed E-state index contributed by atoms with van der Waals surface area (Å²) < 4.78 is 0. The minimum atomic E-state index is 0.484. The van der Waals surface area contributed by atoms with Gasteiger partial charge in [-0.3, -0.25) is 0 Å². The van der Waals surface area contributed by atoms with E-state index in [0.717, 1.165) is 35.6 Å². The van der Waals surface area contributed by atoms with Gasteiger partial charge in [0.1, 0.15) is 0 Å². The molecule has 0 spiro atoms. The van der Waals surface area contributed by atoms with Crippen molar-refractivity contribution in [1.82, 2.24) is 10.2 Å². The van der Waals surface area contributed by atoms with Crippen LogP contribution in [0.1, 0.15) is 20.3 Å². The zero-order chi connectivity index (χ0) is 13.4. The molecule has 100 valence electrons. The van der Waals surface area contributed by atoms with Gasteiger partial charge in [0.15, 0.2) is 11.0 Å². The van der Waals surface area contributed by atoms with E-state index in [-0.39, 0.29) is 0 Å². The lowest BCUT2D eigenvalue weighted by Crippen LogP contribution is -2.39. The molecule has 1 aromatic heterocycles. The summed E-state index contributed by atoms with van der Waals surface area (Å²) in [4.78, 5) is 2.34. The van der Waals surface area contributed by atoms with Gasteiger partial charge >= 0.3 is 0 Å². The van der Waals surface area contributed by atoms with E-state index < -0.39 is 0 Å². The molecule has 0 amide bonds. The largest absolute Gasteiger partial charge is 0.354 e. The van der Waals surface area contributed by atoms with E-state index in [2.05, 4.69) is 35.0 Å². The zero-order valence-corrected chi connectivity index (χ0v) is 12.1. The monoisotopic (exact) mass is 275 g/mol. The Hall–Kier alpha value is -1.35. The van der Waals surface area contributed by atoms with Gasteiger partial charge in [0.2, 0.25) is 0 Å². The molecule has 2 unspecified atom stereocenters. The first-order chi connectivity index (χ1) is 9.16. The van der Waals surface area contributed by atoms with Gasteiger partial charge in [0, 0.05) is 23.9 Å². The number of hydrogen-bond donors (Lipinski definition) is 0. The van der Waals surface area contributed by atoms with Gasteiger partial charge in [0.25, 0.3) is 0 Å². The highest BCUT2D eigenvalue weighted by molar-refractivity contribution is 6.34. The lowest BCUT2D eigenvalue weighted by molar-refractivity contribution is 0.323. The van der Waals surface area contributed by atoms with E-state index >= 15 is 0 Å². The summed E-state index contributed by atoms with van der Waals surface area (Å²) in [5, 5.41) is 11.0. The molecule has 4 heteroatoms. The van der Waals surface area contributed by atoms with Gasteiger partial charge < -0.3 is 4.90 Å². The summed E-state index contributed by atoms with van der Waals surface area (Å²) in [6.45, 7) is 6.73. The highest BCUT2D eigenvalue weighted by Crippen LogP contribution is 2.32. The fourth-order valence-corrected chi connectivity index (χ4v) is 2.95. The molecule has 1 aromatic carbocycles. The number of piperidine rings is 1. The normalized spacial score (nSPS) is 23.8. The summed E-state index contributed by atoms with van der Waals surface area (Å²) in [6.07, 6.45) is 1.21. The third-order valence-corrected chi connectivity index (χ3v) is 4.54. The Morgan fingerprint density at radius 2 is 1.84 bits per heavy atom. The van der Waals surface area contributed by atoms with Gasteiger partial charge in [-0.2, -0.15) is 0 Å². The molecule has 0 bridgehead atoms. The minimum absolute atomic E-state index is 0.484. The molecular formula is C15H18ClN3. The van der Waals surface area contributed by atoms with Crippen molar-refractivity contribution in [1.29, 1.82) is 0 Å². The fraction of sp³-hybridized carbons (Fsp3) is 0.467. The van der Waals surface area contributed by atoms with Gasteiger partial charge in [0.05, 0.1) is 0 Å². The average Bonchev–Trinajstić information content (AvgIpc) is 2.43. The van der Waals surface area contributed by atoms with Crippen LogP contribution in [0.2, 0.25) is 5.15 Å². The van der Waals surface area contributed by atoms with Gasteiger partial charge in [-0.05, 0) is 18.3 Å². The highest BCUT2D eigenvalue weighted by Gasteiger charge is 2.25. The Morgan fingerprint density at radius 1 is 1.11 bits per heavy atom. The predicted molar refractivity (Wildman–Crippen MR) is 79.7 cm³/mol. The Kier molecular flexibility index (Phi) is 3.31. The van der Waals surface area contributed by atoms with E-state index in [0.29, 0.717) is 11.1 Å². The number of hydrogen-bond acceptors (Lipinski definition) is 3. The topological polar surface area (TPSA) is 29.0 Å². The molecule has 19 heavy (non-hydrogen) atoms. The molecule has 2 heterocycles. The molecule has 0 aliphatic carbocycles. The number of aromatic nitrogens is 2. The molecule has 0 N–H and O–H groups in total. The Balaban J connectivity index is 2.04. The van der Waals surface area contributed by atoms with Gasteiger partial charge in [-0.1, -0.05) is 49.7 Å². The minimum Gasteiger partial charge on any atom is -0.354 e. The number of benzene rings is 1. The van der Waals surface area contributed by atoms with Crippen LogP contribution < -0.4 is 4.90 Å². The zero-order valence-electron chi connectivity index (χ0n) is 11.3. The maximum absolute atomic E-state index is 6.13. The first kappa shape index (κ1) is 12.7. The van der Waals surface area contributed by atoms with E-state index in [1.54, 1.807) is 0 Å². The standard InChI is InChI=1S/C15H18ClN3/c1-10-7-8-19(9-11(10)2)15-13-6-4-3-5-12(13)14(16)17-18-15/h3-6,10-11H,7-9H2,1-2H3. The van der Waals surface area contributed by atoms with Crippen molar-refractivity contribution in [2.24, 2.45) is 11.8 Å². The molecule has 1 saturated heterocycles. The predicted octanol–water partition coefficient (Wildman–Crippen LogP) is 3.77. The second kappa shape index (κ2) is 4.97. The third-order valence-electron chi connectivity index (χ3n) is 4.26. The maximum Gasteiger partial charge on any atom is 0.159 e. The number of anilines is 1. The lowest BCUT2D eigenvalue weighted by Gasteiger charge is -2.36. The summed E-state index contributed by atoms with van der Waals surface area (Å²) in [6, 6.07) is 8.10. The molecular weight excluding hydrogens is 258 g/mol. The molecule has 3 nitrogen and oxygen atoms in total. The third kappa shape index (κ3) is 2.27. The van der Waals surface area contributed by atoms with Crippen molar-refractivity contribution in [2.75, 3.05) is 18.0 Å². The summed E-state index contributed by atoms with van der Waals surface area (Å²) in [5.41, 5.74) is 0. The first-order valence-electron chi connectivity index (χ1n) is 6.82. The average molecular weight is 276 g/mol. The second-order valence-corrected chi connectivity index (χ2v) is 5.91. The van der Waals surface area contributed by atoms with E-state index in [1.807, 2.05) is 18.2 Å².